The van der Waals surface area contributed by atoms with Gasteiger partial charge in [0.05, 0.1) is 12.8 Å². The first-order valence-corrected chi connectivity index (χ1v) is 9.68. The maximum Gasteiger partial charge on any atom is 0.332 e. The van der Waals surface area contributed by atoms with Gasteiger partial charge in [0.15, 0.2) is 11.2 Å². The topological polar surface area (TPSA) is 86.2 Å². The first-order chi connectivity index (χ1) is 14.8. The molecule has 0 saturated heterocycles. The van der Waals surface area contributed by atoms with Crippen molar-refractivity contribution >= 4 is 34.9 Å². The Morgan fingerprint density at radius 3 is 2.58 bits per heavy atom. The lowest BCUT2D eigenvalue weighted by molar-refractivity contribution is 0.628. The van der Waals surface area contributed by atoms with E-state index in [0.29, 0.717) is 10.6 Å². The van der Waals surface area contributed by atoms with Gasteiger partial charge in [-0.05, 0) is 35.4 Å². The molecule has 0 aliphatic heterocycles. The van der Waals surface area contributed by atoms with E-state index in [-0.39, 0.29) is 29.5 Å². The van der Waals surface area contributed by atoms with Gasteiger partial charge in [-0.2, -0.15) is 10.1 Å². The Bertz CT molecular complexity index is 1420. The summed E-state index contributed by atoms with van der Waals surface area (Å²) in [7, 11) is 2.97. The Balaban J connectivity index is 1.82. The van der Waals surface area contributed by atoms with E-state index >= 15 is 0 Å². The lowest BCUT2D eigenvalue weighted by Gasteiger charge is -2.09. The van der Waals surface area contributed by atoms with E-state index in [2.05, 4.69) is 15.5 Å². The molecule has 2 aromatic heterocycles. The molecule has 1 N–H and O–H groups in total. The zero-order valence-electron chi connectivity index (χ0n) is 16.7. The van der Waals surface area contributed by atoms with Crippen LogP contribution in [0.1, 0.15) is 11.1 Å². The van der Waals surface area contributed by atoms with E-state index < -0.39 is 11.2 Å². The van der Waals surface area contributed by atoms with Crippen molar-refractivity contribution in [2.45, 2.75) is 6.54 Å². The third-order valence-electron chi connectivity index (χ3n) is 4.83. The van der Waals surface area contributed by atoms with E-state index in [0.717, 1.165) is 10.1 Å². The SMILES string of the molecule is Cn1c(=O)c2c(nc(N/N=C/c3ccc(F)cc3)n2Cc2cccc(Cl)c2)n(C)c1=O. The average Bonchev–Trinajstić information content (AvgIpc) is 3.10. The van der Waals surface area contributed by atoms with Crippen molar-refractivity contribution in [1.29, 1.82) is 0 Å². The van der Waals surface area contributed by atoms with Crippen LogP contribution >= 0.6 is 11.6 Å². The van der Waals surface area contributed by atoms with Gasteiger partial charge in [-0.25, -0.2) is 14.6 Å². The fourth-order valence-corrected chi connectivity index (χ4v) is 3.43. The molecule has 0 unspecified atom stereocenters. The molecule has 0 atom stereocenters. The fraction of sp³-hybridized carbons (Fsp3) is 0.143. The second kappa shape index (κ2) is 8.19. The summed E-state index contributed by atoms with van der Waals surface area (Å²) in [5.74, 6) is -0.0724. The standard InChI is InChI=1S/C21H18ClFN6O2/c1-27-18-17(19(30)28(2)21(27)31)29(12-14-4-3-5-15(22)10-14)20(25-18)26-24-11-13-6-8-16(23)9-7-13/h3-11H,12H2,1-2H3,(H,25,26)/b24-11+. The molecule has 158 valence electrons. The molecular formula is C21H18ClFN6O2. The second-order valence-electron chi connectivity index (χ2n) is 6.95. The maximum absolute atomic E-state index is 13.1. The number of halogens is 2. The summed E-state index contributed by atoms with van der Waals surface area (Å²) in [6, 6.07) is 13.0. The van der Waals surface area contributed by atoms with Crippen LogP contribution in [-0.2, 0) is 20.6 Å². The van der Waals surface area contributed by atoms with Crippen molar-refractivity contribution < 1.29 is 4.39 Å². The minimum absolute atomic E-state index is 0.231. The van der Waals surface area contributed by atoms with Crippen molar-refractivity contribution in [3.8, 4) is 0 Å². The van der Waals surface area contributed by atoms with Gasteiger partial charge in [-0.3, -0.25) is 18.5 Å². The zero-order valence-corrected chi connectivity index (χ0v) is 17.5. The average molecular weight is 441 g/mol. The Hall–Kier alpha value is -3.72. The molecule has 0 spiro atoms. The van der Waals surface area contributed by atoms with Gasteiger partial charge in [-0.1, -0.05) is 35.9 Å². The molecule has 0 bridgehead atoms. The van der Waals surface area contributed by atoms with Crippen LogP contribution in [0.4, 0.5) is 10.3 Å². The fourth-order valence-electron chi connectivity index (χ4n) is 3.22. The number of nitrogens with zero attached hydrogens (tertiary/aromatic N) is 5. The minimum atomic E-state index is -0.480. The van der Waals surface area contributed by atoms with Crippen LogP contribution in [0.3, 0.4) is 0 Å². The molecule has 0 radical (unpaired) electrons. The zero-order chi connectivity index (χ0) is 22.1. The molecule has 0 saturated carbocycles. The smallest absolute Gasteiger partial charge is 0.298 e. The molecule has 2 heterocycles. The van der Waals surface area contributed by atoms with Gasteiger partial charge in [-0.15, -0.1) is 0 Å². The van der Waals surface area contributed by atoms with Crippen LogP contribution in [0, 0.1) is 5.82 Å². The number of aromatic nitrogens is 4. The van der Waals surface area contributed by atoms with Gasteiger partial charge >= 0.3 is 5.69 Å². The highest BCUT2D eigenvalue weighted by molar-refractivity contribution is 6.30. The number of rotatable bonds is 5. The van der Waals surface area contributed by atoms with Crippen LogP contribution in [0.25, 0.3) is 11.2 Å². The monoisotopic (exact) mass is 440 g/mol. The number of hydrogen-bond donors (Lipinski definition) is 1. The summed E-state index contributed by atoms with van der Waals surface area (Å²) in [5, 5.41) is 4.72. The van der Waals surface area contributed by atoms with Gasteiger partial charge in [0.1, 0.15) is 5.82 Å². The Morgan fingerprint density at radius 1 is 1.13 bits per heavy atom. The number of benzene rings is 2. The predicted molar refractivity (Wildman–Crippen MR) is 118 cm³/mol. The van der Waals surface area contributed by atoms with E-state index in [1.807, 2.05) is 12.1 Å². The van der Waals surface area contributed by atoms with E-state index in [9.17, 15) is 14.0 Å². The summed E-state index contributed by atoms with van der Waals surface area (Å²) in [6.07, 6.45) is 1.50. The van der Waals surface area contributed by atoms with Gasteiger partial charge in [0.2, 0.25) is 5.95 Å². The Kier molecular flexibility index (Phi) is 5.43. The summed E-state index contributed by atoms with van der Waals surface area (Å²) in [6.45, 7) is 0.277. The number of hydrogen-bond acceptors (Lipinski definition) is 5. The van der Waals surface area contributed by atoms with Gasteiger partial charge in [0.25, 0.3) is 5.56 Å². The molecule has 31 heavy (non-hydrogen) atoms. The van der Waals surface area contributed by atoms with Crippen LogP contribution in [0.5, 0.6) is 0 Å². The number of aryl methyl sites for hydroxylation is 1. The molecule has 0 aliphatic rings. The van der Waals surface area contributed by atoms with Crippen molar-refractivity contribution in [2.24, 2.45) is 19.2 Å². The van der Waals surface area contributed by atoms with E-state index in [4.69, 9.17) is 11.6 Å². The maximum atomic E-state index is 13.1. The van der Waals surface area contributed by atoms with Crippen molar-refractivity contribution in [1.82, 2.24) is 18.7 Å². The summed E-state index contributed by atoms with van der Waals surface area (Å²) >= 11 is 6.11. The van der Waals surface area contributed by atoms with Crippen molar-refractivity contribution in [3.05, 3.63) is 91.3 Å². The Morgan fingerprint density at radius 2 is 1.87 bits per heavy atom. The third kappa shape index (κ3) is 3.99. The molecule has 10 heteroatoms. The molecule has 4 aromatic rings. The first-order valence-electron chi connectivity index (χ1n) is 9.30. The molecule has 0 amide bonds. The molecule has 0 fully saturated rings. The van der Waals surface area contributed by atoms with Crippen molar-refractivity contribution in [3.63, 3.8) is 0 Å². The van der Waals surface area contributed by atoms with E-state index in [1.165, 1.54) is 30.0 Å². The minimum Gasteiger partial charge on any atom is -0.298 e. The predicted octanol–water partition coefficient (Wildman–Crippen LogP) is 2.72. The molecule has 8 nitrogen and oxygen atoms in total. The third-order valence-corrected chi connectivity index (χ3v) is 5.06. The molecule has 2 aromatic carbocycles. The van der Waals surface area contributed by atoms with Crippen LogP contribution in [-0.4, -0.2) is 24.9 Å². The second-order valence-corrected chi connectivity index (χ2v) is 7.39. The van der Waals surface area contributed by atoms with Crippen LogP contribution in [0.2, 0.25) is 5.02 Å². The highest BCUT2D eigenvalue weighted by Gasteiger charge is 2.19. The number of anilines is 1. The van der Waals surface area contributed by atoms with Crippen LogP contribution in [0.15, 0.2) is 63.2 Å². The normalized spacial score (nSPS) is 11.5. The number of fused-ring (bicyclic) bond motifs is 1. The first kappa shape index (κ1) is 20.5. The summed E-state index contributed by atoms with van der Waals surface area (Å²) in [5.41, 5.74) is 3.88. The molecule has 4 rings (SSSR count). The molecular weight excluding hydrogens is 423 g/mol. The lowest BCUT2D eigenvalue weighted by Crippen LogP contribution is -2.37. The van der Waals surface area contributed by atoms with Gasteiger partial charge in [0, 0.05) is 19.1 Å². The van der Waals surface area contributed by atoms with Crippen LogP contribution < -0.4 is 16.7 Å². The quantitative estimate of drug-likeness (QED) is 0.382. The summed E-state index contributed by atoms with van der Waals surface area (Å²) < 4.78 is 17.1. The largest absolute Gasteiger partial charge is 0.332 e. The molecule has 0 aliphatic carbocycles. The van der Waals surface area contributed by atoms with Crippen molar-refractivity contribution in [2.75, 3.05) is 5.43 Å². The number of nitrogens with one attached hydrogen (secondary N) is 1. The highest BCUT2D eigenvalue weighted by Crippen LogP contribution is 2.19. The lowest BCUT2D eigenvalue weighted by atomic mass is 10.2. The highest BCUT2D eigenvalue weighted by atomic mass is 35.5. The number of imidazole rings is 1. The van der Waals surface area contributed by atoms with E-state index in [1.54, 1.807) is 35.9 Å². The Labute approximate surface area is 180 Å². The van der Waals surface area contributed by atoms with Gasteiger partial charge < -0.3 is 0 Å². The number of hydrazone groups is 1. The summed E-state index contributed by atoms with van der Waals surface area (Å²) in [4.78, 5) is 29.6.